The summed E-state index contributed by atoms with van der Waals surface area (Å²) in [6, 6.07) is 5.51. The molecule has 11 heteroatoms. The third-order valence-electron chi connectivity index (χ3n) is 5.11. The van der Waals surface area contributed by atoms with E-state index in [-0.39, 0.29) is 30.6 Å². The van der Waals surface area contributed by atoms with Crippen LogP contribution in [-0.2, 0) is 38.0 Å². The number of carbonyl (C=O) groups is 1. The second-order valence-electron chi connectivity index (χ2n) is 8.09. The first-order valence-corrected chi connectivity index (χ1v) is 11.3. The average molecular weight is 460 g/mol. The maximum Gasteiger partial charge on any atom is 0.297 e. The second kappa shape index (κ2) is 9.49. The average Bonchev–Trinajstić information content (AvgIpc) is 3.18. The summed E-state index contributed by atoms with van der Waals surface area (Å²) >= 11 is 0. The summed E-state index contributed by atoms with van der Waals surface area (Å²) in [7, 11) is -2.59. The van der Waals surface area contributed by atoms with Crippen molar-refractivity contribution in [2.75, 3.05) is 20.5 Å². The minimum atomic E-state index is -4.03. The molecule has 3 rings (SSSR count). The maximum atomic E-state index is 12.6. The van der Waals surface area contributed by atoms with Crippen molar-refractivity contribution < 1.29 is 41.4 Å². The second-order valence-corrected chi connectivity index (χ2v) is 9.71. The van der Waals surface area contributed by atoms with Crippen molar-refractivity contribution in [3.05, 3.63) is 29.8 Å². The van der Waals surface area contributed by atoms with E-state index in [0.717, 1.165) is 5.56 Å². The van der Waals surface area contributed by atoms with Crippen molar-refractivity contribution in [3.63, 3.8) is 0 Å². The number of aliphatic hydroxyl groups excluding tert-OH is 1. The quantitative estimate of drug-likeness (QED) is 0.399. The fourth-order valence-corrected chi connectivity index (χ4v) is 4.63. The van der Waals surface area contributed by atoms with E-state index in [1.54, 1.807) is 26.0 Å². The topological polar surface area (TPSA) is 130 Å². The first kappa shape index (κ1) is 24.1. The van der Waals surface area contributed by atoms with Crippen LogP contribution in [0.5, 0.6) is 0 Å². The molecule has 0 aliphatic carbocycles. The molecule has 5 atom stereocenters. The van der Waals surface area contributed by atoms with Gasteiger partial charge in [0.1, 0.15) is 25.1 Å². The molecule has 174 valence electrons. The number of nitrogens with one attached hydrogen (secondary N) is 1. The molecule has 0 unspecified atom stereocenters. The molecular formula is C20H29NO9S. The van der Waals surface area contributed by atoms with Crippen molar-refractivity contribution in [1.82, 2.24) is 5.32 Å². The van der Waals surface area contributed by atoms with Gasteiger partial charge in [-0.2, -0.15) is 8.42 Å². The predicted octanol–water partition coefficient (Wildman–Crippen LogP) is 0.459. The van der Waals surface area contributed by atoms with Gasteiger partial charge in [0.15, 0.2) is 5.79 Å². The number of amides is 1. The number of methoxy groups -OCH3 is 1. The lowest BCUT2D eigenvalue weighted by molar-refractivity contribution is -0.177. The van der Waals surface area contributed by atoms with Gasteiger partial charge in [-0.1, -0.05) is 17.7 Å². The number of aliphatic hydroxyl groups is 1. The van der Waals surface area contributed by atoms with Gasteiger partial charge < -0.3 is 29.4 Å². The van der Waals surface area contributed by atoms with Crippen LogP contribution >= 0.6 is 0 Å². The largest absolute Gasteiger partial charge is 0.390 e. The van der Waals surface area contributed by atoms with Gasteiger partial charge in [0, 0.05) is 7.11 Å². The van der Waals surface area contributed by atoms with Gasteiger partial charge in [0.25, 0.3) is 10.1 Å². The van der Waals surface area contributed by atoms with E-state index in [2.05, 4.69) is 5.32 Å². The van der Waals surface area contributed by atoms with Gasteiger partial charge >= 0.3 is 0 Å². The van der Waals surface area contributed by atoms with E-state index in [4.69, 9.17) is 23.1 Å². The van der Waals surface area contributed by atoms with Crippen molar-refractivity contribution in [3.8, 4) is 0 Å². The smallest absolute Gasteiger partial charge is 0.297 e. The number of hydrogen-bond acceptors (Lipinski definition) is 9. The lowest BCUT2D eigenvalue weighted by atomic mass is 9.98. The van der Waals surface area contributed by atoms with Crippen LogP contribution in [0.1, 0.15) is 25.8 Å². The summed E-state index contributed by atoms with van der Waals surface area (Å²) < 4.78 is 53.0. The van der Waals surface area contributed by atoms with Gasteiger partial charge in [0.05, 0.1) is 30.1 Å². The molecular weight excluding hydrogens is 430 g/mol. The zero-order valence-electron chi connectivity index (χ0n) is 17.9. The van der Waals surface area contributed by atoms with Crippen LogP contribution in [0.3, 0.4) is 0 Å². The van der Waals surface area contributed by atoms with Crippen LogP contribution in [0.4, 0.5) is 0 Å². The van der Waals surface area contributed by atoms with Gasteiger partial charge in [-0.3, -0.25) is 8.98 Å². The zero-order valence-corrected chi connectivity index (χ0v) is 18.8. The van der Waals surface area contributed by atoms with Crippen LogP contribution in [0.15, 0.2) is 29.2 Å². The molecule has 2 fully saturated rings. The molecule has 2 aliphatic heterocycles. The number of aryl methyl sites for hydroxylation is 1. The Morgan fingerprint density at radius 3 is 2.52 bits per heavy atom. The summed E-state index contributed by atoms with van der Waals surface area (Å²) in [6.45, 7) is 4.73. The highest BCUT2D eigenvalue weighted by molar-refractivity contribution is 7.86. The molecule has 0 aromatic heterocycles. The van der Waals surface area contributed by atoms with E-state index in [1.165, 1.54) is 19.2 Å². The monoisotopic (exact) mass is 459 g/mol. The Balaban J connectivity index is 1.78. The van der Waals surface area contributed by atoms with E-state index in [0.29, 0.717) is 0 Å². The van der Waals surface area contributed by atoms with E-state index in [1.807, 2.05) is 6.92 Å². The predicted molar refractivity (Wildman–Crippen MR) is 107 cm³/mol. The SMILES string of the molecule is COCO[C@H]([C@@H]1NC(=O)C[C@H]1O)[C@@H]1OC(C)(C)O[C@H]1COS(=O)(=O)c1ccc(C)cc1. The molecule has 0 radical (unpaired) electrons. The number of benzene rings is 1. The molecule has 1 aromatic carbocycles. The third kappa shape index (κ3) is 5.80. The summed E-state index contributed by atoms with van der Waals surface area (Å²) in [5, 5.41) is 13.0. The number of hydrogen-bond donors (Lipinski definition) is 2. The number of rotatable bonds is 9. The van der Waals surface area contributed by atoms with Gasteiger partial charge in [-0.05, 0) is 32.9 Å². The molecule has 2 N–H and O–H groups in total. The van der Waals surface area contributed by atoms with Crippen molar-refractivity contribution in [2.24, 2.45) is 0 Å². The molecule has 1 aromatic rings. The fourth-order valence-electron chi connectivity index (χ4n) is 3.71. The summed E-state index contributed by atoms with van der Waals surface area (Å²) in [5.74, 6) is -1.38. The van der Waals surface area contributed by atoms with Crippen LogP contribution in [0.25, 0.3) is 0 Å². The Kier molecular flexibility index (Phi) is 7.36. The van der Waals surface area contributed by atoms with Gasteiger partial charge in [0.2, 0.25) is 5.91 Å². The first-order valence-electron chi connectivity index (χ1n) is 9.92. The summed E-state index contributed by atoms with van der Waals surface area (Å²) in [5.41, 5.74) is 0.920. The van der Waals surface area contributed by atoms with Crippen LogP contribution < -0.4 is 5.32 Å². The normalized spacial score (nSPS) is 29.1. The highest BCUT2D eigenvalue weighted by Gasteiger charge is 2.51. The first-order chi connectivity index (χ1) is 14.5. The lowest BCUT2D eigenvalue weighted by Gasteiger charge is -2.32. The number of carbonyl (C=O) groups excluding carboxylic acids is 1. The molecule has 2 saturated heterocycles. The molecule has 0 spiro atoms. The van der Waals surface area contributed by atoms with E-state index < -0.39 is 46.4 Å². The number of ether oxygens (including phenoxy) is 4. The lowest BCUT2D eigenvalue weighted by Crippen LogP contribution is -2.54. The molecule has 1 amide bonds. The van der Waals surface area contributed by atoms with E-state index in [9.17, 15) is 18.3 Å². The highest BCUT2D eigenvalue weighted by Crippen LogP contribution is 2.34. The maximum absolute atomic E-state index is 12.6. The molecule has 10 nitrogen and oxygen atoms in total. The molecule has 0 saturated carbocycles. The minimum absolute atomic E-state index is 0.0264. The van der Waals surface area contributed by atoms with Crippen LogP contribution in [-0.4, -0.2) is 76.2 Å². The van der Waals surface area contributed by atoms with Crippen LogP contribution in [0.2, 0.25) is 0 Å². The molecule has 0 bridgehead atoms. The molecule has 2 heterocycles. The standard InChI is InChI=1S/C20H29NO9S/c1-12-5-7-13(8-6-12)31(24,25)28-10-15-18(30-20(2,3)29-15)19(27-11-26-4)17-14(22)9-16(23)21-17/h5-8,14-15,17-19,22H,9-11H2,1-4H3,(H,21,23)/t14-,15+,17-,18-,19-/m1/s1. The fraction of sp³-hybridized carbons (Fsp3) is 0.650. The molecule has 31 heavy (non-hydrogen) atoms. The van der Waals surface area contributed by atoms with Gasteiger partial charge in [-0.15, -0.1) is 0 Å². The Morgan fingerprint density at radius 2 is 1.94 bits per heavy atom. The van der Waals surface area contributed by atoms with Crippen molar-refractivity contribution in [1.29, 1.82) is 0 Å². The van der Waals surface area contributed by atoms with E-state index >= 15 is 0 Å². The Hall–Kier alpha value is -1.60. The van der Waals surface area contributed by atoms with Gasteiger partial charge in [-0.25, -0.2) is 0 Å². The van der Waals surface area contributed by atoms with Crippen molar-refractivity contribution >= 4 is 16.0 Å². The minimum Gasteiger partial charge on any atom is -0.390 e. The molecule has 2 aliphatic rings. The Bertz CT molecular complexity index is 871. The van der Waals surface area contributed by atoms with Crippen molar-refractivity contribution in [2.45, 2.75) is 68.3 Å². The zero-order chi connectivity index (χ0) is 22.8. The highest BCUT2D eigenvalue weighted by atomic mass is 32.2. The third-order valence-corrected chi connectivity index (χ3v) is 6.41. The van der Waals surface area contributed by atoms with Crippen LogP contribution in [0, 0.1) is 6.92 Å². The Labute approximate surface area is 181 Å². The summed E-state index contributed by atoms with van der Waals surface area (Å²) in [4.78, 5) is 11.8. The summed E-state index contributed by atoms with van der Waals surface area (Å²) in [6.07, 6.45) is -3.62. The Morgan fingerprint density at radius 1 is 1.26 bits per heavy atom.